The van der Waals surface area contributed by atoms with Crippen molar-refractivity contribution in [2.45, 2.75) is 6.42 Å². The minimum Gasteiger partial charge on any atom is -0.398 e. The van der Waals surface area contributed by atoms with Gasteiger partial charge in [-0.05, 0) is 12.5 Å². The largest absolute Gasteiger partial charge is 0.398 e. The zero-order chi connectivity index (χ0) is 13.8. The predicted octanol–water partition coefficient (Wildman–Crippen LogP) is 0.268. The Morgan fingerprint density at radius 1 is 1.33 bits per heavy atom. The van der Waals surface area contributed by atoms with Crippen molar-refractivity contribution in [3.05, 3.63) is 28.3 Å². The number of nitrogens with one attached hydrogen (secondary N) is 1. The maximum atomic E-state index is 10.7. The van der Waals surface area contributed by atoms with Gasteiger partial charge in [0.05, 0.1) is 10.7 Å². The quantitative estimate of drug-likeness (QED) is 0.294. The molecule has 0 saturated heterocycles. The van der Waals surface area contributed by atoms with Gasteiger partial charge in [-0.1, -0.05) is 0 Å². The zero-order valence-corrected chi connectivity index (χ0v) is 10.3. The van der Waals surface area contributed by atoms with Crippen LogP contribution in [0.25, 0.3) is 0 Å². The molecule has 0 aliphatic rings. The van der Waals surface area contributed by atoms with Gasteiger partial charge in [-0.3, -0.25) is 10.1 Å². The average molecular weight is 274 g/mol. The SMILES string of the molecule is Nc1cc(NCCCS(N)(=O)=O)cc([N+](=O)[O-])c1. The van der Waals surface area contributed by atoms with E-state index < -0.39 is 14.9 Å². The highest BCUT2D eigenvalue weighted by molar-refractivity contribution is 7.89. The number of hydrogen-bond donors (Lipinski definition) is 3. The number of nitro benzene ring substituents is 1. The highest BCUT2D eigenvalue weighted by Crippen LogP contribution is 2.22. The molecule has 0 fully saturated rings. The number of nitrogens with zero attached hydrogens (tertiary/aromatic N) is 1. The van der Waals surface area contributed by atoms with Crippen molar-refractivity contribution >= 4 is 27.1 Å². The first-order chi connectivity index (χ1) is 8.28. The van der Waals surface area contributed by atoms with E-state index in [0.717, 1.165) is 0 Å². The number of nitrogens with two attached hydrogens (primary N) is 2. The summed E-state index contributed by atoms with van der Waals surface area (Å²) in [6, 6.07) is 4.10. The van der Waals surface area contributed by atoms with Crippen LogP contribution in [0.1, 0.15) is 6.42 Å². The molecule has 0 unspecified atom stereocenters. The van der Waals surface area contributed by atoms with Crippen LogP contribution in [0.2, 0.25) is 0 Å². The Morgan fingerprint density at radius 2 is 2.00 bits per heavy atom. The van der Waals surface area contributed by atoms with E-state index in [0.29, 0.717) is 18.7 Å². The predicted molar refractivity (Wildman–Crippen MR) is 68.6 cm³/mol. The summed E-state index contributed by atoms with van der Waals surface area (Å²) in [4.78, 5) is 10.0. The number of nitro groups is 1. The van der Waals surface area contributed by atoms with Crippen molar-refractivity contribution in [1.29, 1.82) is 0 Å². The van der Waals surface area contributed by atoms with Crippen molar-refractivity contribution in [3.8, 4) is 0 Å². The number of primary sulfonamides is 1. The van der Waals surface area contributed by atoms with Gasteiger partial charge >= 0.3 is 0 Å². The van der Waals surface area contributed by atoms with Crippen LogP contribution in [-0.4, -0.2) is 25.6 Å². The van der Waals surface area contributed by atoms with E-state index in [1.165, 1.54) is 18.2 Å². The van der Waals surface area contributed by atoms with Crippen LogP contribution in [-0.2, 0) is 10.0 Å². The zero-order valence-electron chi connectivity index (χ0n) is 9.50. The minimum atomic E-state index is -3.48. The van der Waals surface area contributed by atoms with Gasteiger partial charge in [0.2, 0.25) is 10.0 Å². The Bertz CT molecular complexity index is 543. The van der Waals surface area contributed by atoms with Gasteiger partial charge in [0.25, 0.3) is 5.69 Å². The standard InChI is InChI=1S/C9H14N4O4S/c10-7-4-8(6-9(5-7)13(14)15)12-2-1-3-18(11,16)17/h4-6,12H,1-3,10H2,(H2,11,16,17). The van der Waals surface area contributed by atoms with Gasteiger partial charge in [0.15, 0.2) is 0 Å². The van der Waals surface area contributed by atoms with Crippen molar-refractivity contribution < 1.29 is 13.3 Å². The maximum Gasteiger partial charge on any atom is 0.273 e. The molecular formula is C9H14N4O4S. The fourth-order valence-electron chi connectivity index (χ4n) is 1.35. The molecular weight excluding hydrogens is 260 g/mol. The highest BCUT2D eigenvalue weighted by Gasteiger charge is 2.08. The first-order valence-electron chi connectivity index (χ1n) is 5.07. The van der Waals surface area contributed by atoms with Crippen LogP contribution in [0.15, 0.2) is 18.2 Å². The molecule has 1 aromatic rings. The molecule has 0 spiro atoms. The molecule has 1 aromatic carbocycles. The first-order valence-corrected chi connectivity index (χ1v) is 6.79. The smallest absolute Gasteiger partial charge is 0.273 e. The summed E-state index contributed by atoms with van der Waals surface area (Å²) in [6.45, 7) is 0.330. The number of hydrogen-bond acceptors (Lipinski definition) is 6. The molecule has 0 saturated carbocycles. The maximum absolute atomic E-state index is 10.7. The molecule has 0 atom stereocenters. The second kappa shape index (κ2) is 5.65. The summed E-state index contributed by atoms with van der Waals surface area (Å²) in [5.74, 6) is -0.148. The molecule has 0 aromatic heterocycles. The Hall–Kier alpha value is -1.87. The van der Waals surface area contributed by atoms with Crippen LogP contribution in [0.3, 0.4) is 0 Å². The van der Waals surface area contributed by atoms with Gasteiger partial charge in [0.1, 0.15) is 0 Å². The molecule has 0 aliphatic heterocycles. The molecule has 0 amide bonds. The third-order valence-electron chi connectivity index (χ3n) is 2.09. The topological polar surface area (TPSA) is 141 Å². The summed E-state index contributed by atoms with van der Waals surface area (Å²) in [6.07, 6.45) is 0.307. The molecule has 18 heavy (non-hydrogen) atoms. The Morgan fingerprint density at radius 3 is 2.56 bits per heavy atom. The third kappa shape index (κ3) is 4.97. The van der Waals surface area contributed by atoms with E-state index in [1.54, 1.807) is 0 Å². The van der Waals surface area contributed by atoms with Gasteiger partial charge < -0.3 is 11.1 Å². The lowest BCUT2D eigenvalue weighted by molar-refractivity contribution is -0.384. The molecule has 5 N–H and O–H groups in total. The van der Waals surface area contributed by atoms with Crippen LogP contribution in [0, 0.1) is 10.1 Å². The van der Waals surface area contributed by atoms with Gasteiger partial charge in [-0.15, -0.1) is 0 Å². The molecule has 0 radical (unpaired) electrons. The molecule has 8 nitrogen and oxygen atoms in total. The Labute approximate surface area is 104 Å². The lowest BCUT2D eigenvalue weighted by Gasteiger charge is -2.06. The summed E-state index contributed by atoms with van der Waals surface area (Å²) < 4.78 is 21.4. The van der Waals surface area contributed by atoms with E-state index >= 15 is 0 Å². The fourth-order valence-corrected chi connectivity index (χ4v) is 1.89. The lowest BCUT2D eigenvalue weighted by atomic mass is 10.2. The normalized spacial score (nSPS) is 11.2. The number of anilines is 2. The van der Waals surface area contributed by atoms with Crippen LogP contribution >= 0.6 is 0 Å². The molecule has 0 heterocycles. The van der Waals surface area contributed by atoms with Gasteiger partial charge in [-0.25, -0.2) is 13.6 Å². The van der Waals surface area contributed by atoms with Crippen molar-refractivity contribution in [3.63, 3.8) is 0 Å². The van der Waals surface area contributed by atoms with E-state index in [2.05, 4.69) is 5.32 Å². The first kappa shape index (κ1) is 14.2. The number of rotatable bonds is 6. The Balaban J connectivity index is 2.60. The van der Waals surface area contributed by atoms with E-state index in [-0.39, 0.29) is 17.1 Å². The second-order valence-corrected chi connectivity index (χ2v) is 5.45. The van der Waals surface area contributed by atoms with Crippen LogP contribution < -0.4 is 16.2 Å². The summed E-state index contributed by atoms with van der Waals surface area (Å²) >= 11 is 0. The van der Waals surface area contributed by atoms with E-state index in [9.17, 15) is 18.5 Å². The van der Waals surface area contributed by atoms with Crippen molar-refractivity contribution in [2.75, 3.05) is 23.3 Å². The lowest BCUT2D eigenvalue weighted by Crippen LogP contribution is -2.18. The summed E-state index contributed by atoms with van der Waals surface area (Å²) in [7, 11) is -3.48. The number of non-ortho nitro benzene ring substituents is 1. The Kier molecular flexibility index (Phi) is 4.45. The van der Waals surface area contributed by atoms with Crippen molar-refractivity contribution in [1.82, 2.24) is 0 Å². The summed E-state index contributed by atoms with van der Waals surface area (Å²) in [5, 5.41) is 18.3. The monoisotopic (exact) mass is 274 g/mol. The van der Waals surface area contributed by atoms with Crippen molar-refractivity contribution in [2.24, 2.45) is 5.14 Å². The second-order valence-electron chi connectivity index (χ2n) is 3.72. The van der Waals surface area contributed by atoms with Gasteiger partial charge in [0, 0.05) is 30.1 Å². The highest BCUT2D eigenvalue weighted by atomic mass is 32.2. The number of benzene rings is 1. The molecule has 1 rings (SSSR count). The molecule has 100 valence electrons. The number of nitrogen functional groups attached to an aromatic ring is 1. The van der Waals surface area contributed by atoms with E-state index in [4.69, 9.17) is 10.9 Å². The van der Waals surface area contributed by atoms with Crippen LogP contribution in [0.4, 0.5) is 17.1 Å². The molecule has 9 heteroatoms. The third-order valence-corrected chi connectivity index (χ3v) is 2.94. The summed E-state index contributed by atoms with van der Waals surface area (Å²) in [5.41, 5.74) is 6.12. The fraction of sp³-hybridized carbons (Fsp3) is 0.333. The number of sulfonamides is 1. The molecule has 0 bridgehead atoms. The minimum absolute atomic E-state index is 0.121. The van der Waals surface area contributed by atoms with Gasteiger partial charge in [-0.2, -0.15) is 0 Å². The average Bonchev–Trinajstić information content (AvgIpc) is 2.22. The van der Waals surface area contributed by atoms with Crippen LogP contribution in [0.5, 0.6) is 0 Å². The molecule has 0 aliphatic carbocycles. The van der Waals surface area contributed by atoms with E-state index in [1.807, 2.05) is 0 Å².